The second-order valence-corrected chi connectivity index (χ2v) is 5.18. The minimum absolute atomic E-state index is 0.0432. The van der Waals surface area contributed by atoms with Crippen LogP contribution in [0.15, 0.2) is 36.7 Å². The lowest BCUT2D eigenvalue weighted by atomic mass is 9.90. The Labute approximate surface area is 120 Å². The lowest BCUT2D eigenvalue weighted by Crippen LogP contribution is -2.49. The molecule has 108 valence electrons. The standard InChI is InChI=1S/C16H23N3O/c1-4-18-16(11-20,15-8-6-5-7-9-15)10-19-12-17-13(2)14(19)3/h5-9,12,18,20H,4,10-11H2,1-3H3. The van der Waals surface area contributed by atoms with Gasteiger partial charge in [0, 0.05) is 12.2 Å². The summed E-state index contributed by atoms with van der Waals surface area (Å²) in [6.45, 7) is 7.61. The lowest BCUT2D eigenvalue weighted by Gasteiger charge is -2.34. The fourth-order valence-electron chi connectivity index (χ4n) is 2.54. The lowest BCUT2D eigenvalue weighted by molar-refractivity contribution is 0.143. The molecule has 1 heterocycles. The van der Waals surface area contributed by atoms with Crippen molar-refractivity contribution in [2.75, 3.05) is 13.2 Å². The number of hydrogen-bond acceptors (Lipinski definition) is 3. The quantitative estimate of drug-likeness (QED) is 0.846. The van der Waals surface area contributed by atoms with Gasteiger partial charge in [0.2, 0.25) is 0 Å². The van der Waals surface area contributed by atoms with Crippen LogP contribution in [0.4, 0.5) is 0 Å². The van der Waals surface area contributed by atoms with Crippen LogP contribution in [0.5, 0.6) is 0 Å². The minimum atomic E-state index is -0.478. The van der Waals surface area contributed by atoms with E-state index in [1.165, 1.54) is 0 Å². The van der Waals surface area contributed by atoms with Crippen LogP contribution >= 0.6 is 0 Å². The fourth-order valence-corrected chi connectivity index (χ4v) is 2.54. The number of nitrogens with zero attached hydrogens (tertiary/aromatic N) is 2. The second-order valence-electron chi connectivity index (χ2n) is 5.18. The number of nitrogens with one attached hydrogen (secondary N) is 1. The molecule has 0 saturated heterocycles. The molecule has 4 heteroatoms. The molecule has 4 nitrogen and oxygen atoms in total. The molecule has 0 fully saturated rings. The van der Waals surface area contributed by atoms with Crippen molar-refractivity contribution < 1.29 is 5.11 Å². The van der Waals surface area contributed by atoms with Crippen LogP contribution in [0.25, 0.3) is 0 Å². The van der Waals surface area contributed by atoms with E-state index in [-0.39, 0.29) is 6.61 Å². The topological polar surface area (TPSA) is 50.1 Å². The maximum atomic E-state index is 10.0. The van der Waals surface area contributed by atoms with Crippen LogP contribution in [0.2, 0.25) is 0 Å². The Morgan fingerprint density at radius 2 is 1.95 bits per heavy atom. The maximum Gasteiger partial charge on any atom is 0.0952 e. The average molecular weight is 273 g/mol. The first-order valence-electron chi connectivity index (χ1n) is 7.02. The number of aryl methyl sites for hydroxylation is 1. The molecule has 2 N–H and O–H groups in total. The molecule has 1 unspecified atom stereocenters. The Bertz CT molecular complexity index is 550. The molecule has 0 aliphatic carbocycles. The number of aromatic nitrogens is 2. The predicted molar refractivity (Wildman–Crippen MR) is 80.6 cm³/mol. The summed E-state index contributed by atoms with van der Waals surface area (Å²) in [5.41, 5.74) is 2.78. The average Bonchev–Trinajstić information content (AvgIpc) is 2.79. The smallest absolute Gasteiger partial charge is 0.0952 e. The number of aliphatic hydroxyl groups is 1. The van der Waals surface area contributed by atoms with E-state index < -0.39 is 5.54 Å². The molecule has 2 aromatic rings. The van der Waals surface area contributed by atoms with E-state index in [1.807, 2.05) is 31.5 Å². The highest BCUT2D eigenvalue weighted by atomic mass is 16.3. The van der Waals surface area contributed by atoms with Crippen LogP contribution in [0, 0.1) is 13.8 Å². The number of aliphatic hydroxyl groups excluding tert-OH is 1. The molecule has 20 heavy (non-hydrogen) atoms. The Balaban J connectivity index is 2.39. The molecular weight excluding hydrogens is 250 g/mol. The van der Waals surface area contributed by atoms with Crippen LogP contribution in [-0.4, -0.2) is 27.8 Å². The van der Waals surface area contributed by atoms with Gasteiger partial charge in [0.05, 0.1) is 24.2 Å². The Kier molecular flexibility index (Phi) is 4.57. The zero-order valence-corrected chi connectivity index (χ0v) is 12.4. The summed E-state index contributed by atoms with van der Waals surface area (Å²) in [6.07, 6.45) is 1.84. The van der Waals surface area contributed by atoms with E-state index in [0.29, 0.717) is 6.54 Å². The SMILES string of the molecule is CCNC(CO)(Cn1cnc(C)c1C)c1ccccc1. The largest absolute Gasteiger partial charge is 0.394 e. The van der Waals surface area contributed by atoms with E-state index in [4.69, 9.17) is 0 Å². The van der Waals surface area contributed by atoms with E-state index in [9.17, 15) is 5.11 Å². The first-order chi connectivity index (χ1) is 9.63. The van der Waals surface area contributed by atoms with Gasteiger partial charge in [-0.25, -0.2) is 4.98 Å². The van der Waals surface area contributed by atoms with Gasteiger partial charge in [0.1, 0.15) is 0 Å². The molecule has 1 aromatic heterocycles. The molecule has 0 aliphatic rings. The monoisotopic (exact) mass is 273 g/mol. The number of rotatable bonds is 6. The van der Waals surface area contributed by atoms with Crippen molar-refractivity contribution in [1.29, 1.82) is 0 Å². The van der Waals surface area contributed by atoms with E-state index in [0.717, 1.165) is 23.5 Å². The number of likely N-dealkylation sites (N-methyl/N-ethyl adjacent to an activating group) is 1. The summed E-state index contributed by atoms with van der Waals surface area (Å²) in [5, 5.41) is 13.5. The summed E-state index contributed by atoms with van der Waals surface area (Å²) in [4.78, 5) is 4.34. The molecule has 1 atom stereocenters. The van der Waals surface area contributed by atoms with Gasteiger partial charge in [0.15, 0.2) is 0 Å². The normalized spacial score (nSPS) is 14.2. The van der Waals surface area contributed by atoms with Crippen LogP contribution in [0.1, 0.15) is 23.9 Å². The second kappa shape index (κ2) is 6.20. The van der Waals surface area contributed by atoms with Crippen molar-refractivity contribution >= 4 is 0 Å². The summed E-state index contributed by atoms with van der Waals surface area (Å²) in [6, 6.07) is 10.1. The van der Waals surface area contributed by atoms with E-state index >= 15 is 0 Å². The summed E-state index contributed by atoms with van der Waals surface area (Å²) >= 11 is 0. The molecule has 0 saturated carbocycles. The fraction of sp³-hybridized carbons (Fsp3) is 0.438. The molecule has 0 amide bonds. The highest BCUT2D eigenvalue weighted by Gasteiger charge is 2.31. The van der Waals surface area contributed by atoms with Crippen molar-refractivity contribution in [2.24, 2.45) is 0 Å². The van der Waals surface area contributed by atoms with Gasteiger partial charge in [0.25, 0.3) is 0 Å². The van der Waals surface area contributed by atoms with Gasteiger partial charge in [-0.3, -0.25) is 0 Å². The Morgan fingerprint density at radius 1 is 1.25 bits per heavy atom. The van der Waals surface area contributed by atoms with Gasteiger partial charge in [-0.1, -0.05) is 37.3 Å². The van der Waals surface area contributed by atoms with Crippen LogP contribution < -0.4 is 5.32 Å². The first-order valence-corrected chi connectivity index (χ1v) is 7.02. The first kappa shape index (κ1) is 14.8. The maximum absolute atomic E-state index is 10.0. The van der Waals surface area contributed by atoms with Crippen LogP contribution in [0.3, 0.4) is 0 Å². The van der Waals surface area contributed by atoms with Gasteiger partial charge in [-0.05, 0) is 26.0 Å². The van der Waals surface area contributed by atoms with Gasteiger partial charge in [-0.2, -0.15) is 0 Å². The molecule has 2 rings (SSSR count). The van der Waals surface area contributed by atoms with Crippen LogP contribution in [-0.2, 0) is 12.1 Å². The Morgan fingerprint density at radius 3 is 2.45 bits per heavy atom. The number of imidazole rings is 1. The van der Waals surface area contributed by atoms with Crippen molar-refractivity contribution in [3.05, 3.63) is 53.6 Å². The van der Waals surface area contributed by atoms with Gasteiger partial charge in [-0.15, -0.1) is 0 Å². The molecule has 0 radical (unpaired) electrons. The van der Waals surface area contributed by atoms with E-state index in [1.54, 1.807) is 0 Å². The number of benzene rings is 1. The third-order valence-electron chi connectivity index (χ3n) is 3.90. The highest BCUT2D eigenvalue weighted by Crippen LogP contribution is 2.24. The predicted octanol–water partition coefficient (Wildman–Crippen LogP) is 2.00. The zero-order chi connectivity index (χ0) is 14.6. The molecule has 0 bridgehead atoms. The molecule has 0 aliphatic heterocycles. The molecular formula is C16H23N3O. The van der Waals surface area contributed by atoms with Crippen molar-refractivity contribution in [3.8, 4) is 0 Å². The highest BCUT2D eigenvalue weighted by molar-refractivity contribution is 5.25. The Hall–Kier alpha value is -1.65. The van der Waals surface area contributed by atoms with Gasteiger partial charge < -0.3 is 15.0 Å². The number of hydrogen-bond donors (Lipinski definition) is 2. The summed E-state index contributed by atoms with van der Waals surface area (Å²) < 4.78 is 2.10. The molecule has 0 spiro atoms. The van der Waals surface area contributed by atoms with Crippen molar-refractivity contribution in [3.63, 3.8) is 0 Å². The molecule has 1 aromatic carbocycles. The zero-order valence-electron chi connectivity index (χ0n) is 12.4. The third-order valence-corrected chi connectivity index (χ3v) is 3.90. The van der Waals surface area contributed by atoms with E-state index in [2.05, 4.69) is 40.8 Å². The summed E-state index contributed by atoms with van der Waals surface area (Å²) in [7, 11) is 0. The van der Waals surface area contributed by atoms with Crippen molar-refractivity contribution in [2.45, 2.75) is 32.9 Å². The summed E-state index contributed by atoms with van der Waals surface area (Å²) in [5.74, 6) is 0. The minimum Gasteiger partial charge on any atom is -0.394 e. The van der Waals surface area contributed by atoms with Gasteiger partial charge >= 0.3 is 0 Å². The third kappa shape index (κ3) is 2.76. The van der Waals surface area contributed by atoms with Crippen molar-refractivity contribution in [1.82, 2.24) is 14.9 Å².